The molecule has 0 aliphatic carbocycles. The Labute approximate surface area is 185 Å². The molecular formula is C28H32O3. The van der Waals surface area contributed by atoms with E-state index in [0.717, 1.165) is 17.5 Å². The third kappa shape index (κ3) is 6.71. The first-order chi connectivity index (χ1) is 15.2. The van der Waals surface area contributed by atoms with Crippen LogP contribution in [0, 0.1) is 0 Å². The Morgan fingerprint density at radius 3 is 2.29 bits per heavy atom. The van der Waals surface area contributed by atoms with E-state index in [2.05, 4.69) is 6.92 Å². The molecule has 0 bridgehead atoms. The standard InChI is InChI=1S/C28H32O3/c1-2-3-4-5-6-12-19-31-25-18-17-24(27(29)21-25)20-23-15-10-11-16-26(23)28(30)22-13-8-7-9-14-22/h7-11,13-18,21,29H,2-6,12,19-20H2,1H3. The third-order valence-corrected chi connectivity index (χ3v) is 5.50. The fraction of sp³-hybridized carbons (Fsp3) is 0.321. The maximum atomic E-state index is 12.9. The Hall–Kier alpha value is -3.07. The van der Waals surface area contributed by atoms with Crippen LogP contribution in [0.2, 0.25) is 0 Å². The van der Waals surface area contributed by atoms with Crippen molar-refractivity contribution in [2.24, 2.45) is 0 Å². The Balaban J connectivity index is 1.61. The number of phenols is 1. The number of unbranched alkanes of at least 4 members (excludes halogenated alkanes) is 5. The maximum Gasteiger partial charge on any atom is 0.193 e. The van der Waals surface area contributed by atoms with Gasteiger partial charge in [0.15, 0.2) is 5.78 Å². The summed E-state index contributed by atoms with van der Waals surface area (Å²) in [6.07, 6.45) is 7.79. The summed E-state index contributed by atoms with van der Waals surface area (Å²) in [5.41, 5.74) is 3.00. The second-order valence-corrected chi connectivity index (χ2v) is 7.94. The Bertz CT molecular complexity index is 963. The van der Waals surface area contributed by atoms with Crippen LogP contribution in [0.1, 0.15) is 72.5 Å². The van der Waals surface area contributed by atoms with Crippen molar-refractivity contribution >= 4 is 5.78 Å². The van der Waals surface area contributed by atoms with Crippen LogP contribution in [0.3, 0.4) is 0 Å². The number of aromatic hydroxyl groups is 1. The molecule has 0 saturated heterocycles. The van der Waals surface area contributed by atoms with Crippen molar-refractivity contribution in [1.82, 2.24) is 0 Å². The van der Waals surface area contributed by atoms with Crippen molar-refractivity contribution in [3.63, 3.8) is 0 Å². The van der Waals surface area contributed by atoms with Gasteiger partial charge in [-0.25, -0.2) is 0 Å². The van der Waals surface area contributed by atoms with Gasteiger partial charge >= 0.3 is 0 Å². The summed E-state index contributed by atoms with van der Waals surface area (Å²) in [4.78, 5) is 12.9. The first-order valence-electron chi connectivity index (χ1n) is 11.3. The average molecular weight is 417 g/mol. The van der Waals surface area contributed by atoms with Gasteiger partial charge in [-0.15, -0.1) is 0 Å². The summed E-state index contributed by atoms with van der Waals surface area (Å²) in [7, 11) is 0. The molecule has 0 amide bonds. The van der Waals surface area contributed by atoms with Crippen molar-refractivity contribution in [2.45, 2.75) is 51.9 Å². The predicted octanol–water partition coefficient (Wildman–Crippen LogP) is 6.95. The number of ether oxygens (including phenoxy) is 1. The van der Waals surface area contributed by atoms with E-state index >= 15 is 0 Å². The zero-order chi connectivity index (χ0) is 21.9. The molecule has 0 heterocycles. The van der Waals surface area contributed by atoms with E-state index in [1.54, 1.807) is 6.07 Å². The van der Waals surface area contributed by atoms with Gasteiger partial charge < -0.3 is 9.84 Å². The predicted molar refractivity (Wildman–Crippen MR) is 126 cm³/mol. The number of phenolic OH excluding ortho intramolecular Hbond substituents is 1. The number of carbonyl (C=O) groups excluding carboxylic acids is 1. The highest BCUT2D eigenvalue weighted by atomic mass is 16.5. The third-order valence-electron chi connectivity index (χ3n) is 5.50. The van der Waals surface area contributed by atoms with E-state index in [1.807, 2.05) is 66.7 Å². The normalized spacial score (nSPS) is 10.7. The van der Waals surface area contributed by atoms with Crippen LogP contribution in [-0.2, 0) is 6.42 Å². The summed E-state index contributed by atoms with van der Waals surface area (Å²) in [6.45, 7) is 2.89. The Morgan fingerprint density at radius 1 is 0.806 bits per heavy atom. The van der Waals surface area contributed by atoms with Gasteiger partial charge in [-0.2, -0.15) is 0 Å². The van der Waals surface area contributed by atoms with E-state index in [0.29, 0.717) is 29.9 Å². The van der Waals surface area contributed by atoms with E-state index in [1.165, 1.54) is 32.1 Å². The summed E-state index contributed by atoms with van der Waals surface area (Å²) in [6, 6.07) is 22.3. The molecule has 3 nitrogen and oxygen atoms in total. The van der Waals surface area contributed by atoms with Crippen LogP contribution in [0.25, 0.3) is 0 Å². The number of hydrogen-bond donors (Lipinski definition) is 1. The lowest BCUT2D eigenvalue weighted by atomic mass is 9.94. The molecule has 0 aromatic heterocycles. The molecule has 31 heavy (non-hydrogen) atoms. The van der Waals surface area contributed by atoms with Crippen LogP contribution in [0.5, 0.6) is 11.5 Å². The first kappa shape index (κ1) is 22.6. The number of hydrogen-bond acceptors (Lipinski definition) is 3. The van der Waals surface area contributed by atoms with E-state index in [-0.39, 0.29) is 11.5 Å². The van der Waals surface area contributed by atoms with Gasteiger partial charge in [-0.1, -0.05) is 99.7 Å². The monoisotopic (exact) mass is 416 g/mol. The number of carbonyl (C=O) groups is 1. The number of benzene rings is 3. The molecule has 0 atom stereocenters. The summed E-state index contributed by atoms with van der Waals surface area (Å²) in [5.74, 6) is 0.875. The lowest BCUT2D eigenvalue weighted by Crippen LogP contribution is -2.06. The Morgan fingerprint density at radius 2 is 1.52 bits per heavy atom. The zero-order valence-electron chi connectivity index (χ0n) is 18.3. The largest absolute Gasteiger partial charge is 0.508 e. The molecule has 0 saturated carbocycles. The molecule has 0 aliphatic heterocycles. The maximum absolute atomic E-state index is 12.9. The van der Waals surface area contributed by atoms with Crippen LogP contribution in [0.4, 0.5) is 0 Å². The van der Waals surface area contributed by atoms with Gasteiger partial charge in [0, 0.05) is 23.6 Å². The molecule has 0 unspecified atom stereocenters. The van der Waals surface area contributed by atoms with Crippen molar-refractivity contribution in [2.75, 3.05) is 6.61 Å². The fourth-order valence-corrected chi connectivity index (χ4v) is 3.70. The highest BCUT2D eigenvalue weighted by molar-refractivity contribution is 6.09. The lowest BCUT2D eigenvalue weighted by molar-refractivity contribution is 0.103. The van der Waals surface area contributed by atoms with Crippen LogP contribution in [0.15, 0.2) is 72.8 Å². The summed E-state index contributed by atoms with van der Waals surface area (Å²) in [5, 5.41) is 10.5. The van der Waals surface area contributed by atoms with Gasteiger partial charge in [-0.3, -0.25) is 4.79 Å². The van der Waals surface area contributed by atoms with Crippen molar-refractivity contribution in [3.8, 4) is 11.5 Å². The Kier molecular flexibility index (Phi) is 8.71. The van der Waals surface area contributed by atoms with Gasteiger partial charge in [-0.05, 0) is 23.6 Å². The fourth-order valence-electron chi connectivity index (χ4n) is 3.70. The van der Waals surface area contributed by atoms with Crippen LogP contribution < -0.4 is 4.74 Å². The molecule has 162 valence electrons. The van der Waals surface area contributed by atoms with Gasteiger partial charge in [0.2, 0.25) is 0 Å². The highest BCUT2D eigenvalue weighted by Crippen LogP contribution is 2.27. The van der Waals surface area contributed by atoms with E-state index < -0.39 is 0 Å². The van der Waals surface area contributed by atoms with Crippen LogP contribution in [-0.4, -0.2) is 17.5 Å². The topological polar surface area (TPSA) is 46.5 Å². The zero-order valence-corrected chi connectivity index (χ0v) is 18.3. The molecule has 3 aromatic rings. The van der Waals surface area contributed by atoms with Crippen LogP contribution >= 0.6 is 0 Å². The molecule has 0 radical (unpaired) electrons. The molecule has 3 heteroatoms. The minimum atomic E-state index is -0.00502. The van der Waals surface area contributed by atoms with Crippen molar-refractivity contribution in [1.29, 1.82) is 0 Å². The molecule has 1 N–H and O–H groups in total. The quantitative estimate of drug-likeness (QED) is 0.257. The molecule has 0 spiro atoms. The van der Waals surface area contributed by atoms with Gasteiger partial charge in [0.1, 0.15) is 11.5 Å². The second-order valence-electron chi connectivity index (χ2n) is 7.94. The molecule has 0 aliphatic rings. The molecule has 3 aromatic carbocycles. The SMILES string of the molecule is CCCCCCCCOc1ccc(Cc2ccccc2C(=O)c2ccccc2)c(O)c1. The lowest BCUT2D eigenvalue weighted by Gasteiger charge is -2.12. The van der Waals surface area contributed by atoms with E-state index in [4.69, 9.17) is 4.74 Å². The summed E-state index contributed by atoms with van der Waals surface area (Å²) < 4.78 is 5.80. The van der Waals surface area contributed by atoms with Gasteiger partial charge in [0.05, 0.1) is 6.61 Å². The molecule has 3 rings (SSSR count). The average Bonchev–Trinajstić information content (AvgIpc) is 2.80. The number of rotatable bonds is 12. The smallest absolute Gasteiger partial charge is 0.193 e. The van der Waals surface area contributed by atoms with Crippen molar-refractivity contribution < 1.29 is 14.6 Å². The molecular weight excluding hydrogens is 384 g/mol. The molecule has 0 fully saturated rings. The minimum Gasteiger partial charge on any atom is -0.508 e. The van der Waals surface area contributed by atoms with Gasteiger partial charge in [0.25, 0.3) is 0 Å². The summed E-state index contributed by atoms with van der Waals surface area (Å²) >= 11 is 0. The number of ketones is 1. The van der Waals surface area contributed by atoms with E-state index in [9.17, 15) is 9.90 Å². The second kappa shape index (κ2) is 11.9. The highest BCUT2D eigenvalue weighted by Gasteiger charge is 2.14. The minimum absolute atomic E-state index is 0.00502. The first-order valence-corrected chi connectivity index (χ1v) is 11.3. The van der Waals surface area contributed by atoms with Crippen molar-refractivity contribution in [3.05, 3.63) is 95.1 Å².